The maximum Gasteiger partial charge on any atom is 0.270 e. The molecule has 6 nitrogen and oxygen atoms in total. The van der Waals surface area contributed by atoms with E-state index in [1.165, 1.54) is 7.11 Å². The smallest absolute Gasteiger partial charge is 0.270 e. The van der Waals surface area contributed by atoms with Crippen LogP contribution >= 0.6 is 0 Å². The fraction of sp³-hybridized carbons (Fsp3) is 0.353. The van der Waals surface area contributed by atoms with Gasteiger partial charge in [-0.2, -0.15) is 0 Å². The van der Waals surface area contributed by atoms with Gasteiger partial charge in [0.1, 0.15) is 5.69 Å². The van der Waals surface area contributed by atoms with E-state index in [0.717, 1.165) is 10.8 Å². The molecule has 0 saturated carbocycles. The Labute approximate surface area is 135 Å². The van der Waals surface area contributed by atoms with Gasteiger partial charge in [-0.25, -0.2) is 4.98 Å². The Balaban J connectivity index is 2.14. The Hall–Kier alpha value is -2.63. The van der Waals surface area contributed by atoms with Crippen LogP contribution in [0.15, 0.2) is 30.3 Å². The monoisotopic (exact) mass is 315 g/mol. The van der Waals surface area contributed by atoms with E-state index in [-0.39, 0.29) is 23.7 Å². The number of nitrogens with one attached hydrogen (secondary N) is 2. The summed E-state index contributed by atoms with van der Waals surface area (Å²) in [6, 6.07) is 9.18. The number of hydrogen-bond acceptors (Lipinski definition) is 4. The van der Waals surface area contributed by atoms with Crippen molar-refractivity contribution in [3.8, 4) is 5.88 Å². The Morgan fingerprint density at radius 1 is 1.22 bits per heavy atom. The highest BCUT2D eigenvalue weighted by molar-refractivity contribution is 5.99. The number of carbonyl (C=O) groups excluding carboxylic acids is 2. The van der Waals surface area contributed by atoms with Crippen molar-refractivity contribution < 1.29 is 14.3 Å². The maximum absolute atomic E-state index is 12.2. The summed E-state index contributed by atoms with van der Waals surface area (Å²) >= 11 is 0. The number of aromatic nitrogens is 1. The second-order valence-corrected chi connectivity index (χ2v) is 6.22. The quantitative estimate of drug-likeness (QED) is 0.903. The number of carbonyl (C=O) groups is 2. The lowest BCUT2D eigenvalue weighted by atomic mass is 10.1. The molecule has 1 aromatic carbocycles. The van der Waals surface area contributed by atoms with E-state index >= 15 is 0 Å². The summed E-state index contributed by atoms with van der Waals surface area (Å²) in [6.07, 6.45) is 0. The van der Waals surface area contributed by atoms with Crippen molar-refractivity contribution in [3.05, 3.63) is 36.0 Å². The van der Waals surface area contributed by atoms with Crippen molar-refractivity contribution in [1.29, 1.82) is 0 Å². The third-order valence-corrected chi connectivity index (χ3v) is 3.06. The SMILES string of the molecule is COc1nc(C(=O)NCC(=O)NC(C)(C)C)cc2ccccc12. The van der Waals surface area contributed by atoms with Gasteiger partial charge in [0.25, 0.3) is 5.91 Å². The minimum Gasteiger partial charge on any atom is -0.481 e. The lowest BCUT2D eigenvalue weighted by Gasteiger charge is -2.20. The summed E-state index contributed by atoms with van der Waals surface area (Å²) < 4.78 is 5.24. The van der Waals surface area contributed by atoms with Gasteiger partial charge in [-0.1, -0.05) is 18.2 Å². The Morgan fingerprint density at radius 2 is 1.91 bits per heavy atom. The summed E-state index contributed by atoms with van der Waals surface area (Å²) in [5.74, 6) is -0.288. The predicted octanol–water partition coefficient (Wildman–Crippen LogP) is 1.89. The molecule has 0 aliphatic heterocycles. The minimum absolute atomic E-state index is 0.104. The number of hydrogen-bond donors (Lipinski definition) is 2. The van der Waals surface area contributed by atoms with E-state index < -0.39 is 5.91 Å². The van der Waals surface area contributed by atoms with Crippen LogP contribution < -0.4 is 15.4 Å². The summed E-state index contributed by atoms with van der Waals surface area (Å²) in [4.78, 5) is 28.2. The van der Waals surface area contributed by atoms with Crippen LogP contribution in [0.25, 0.3) is 10.8 Å². The zero-order valence-electron chi connectivity index (χ0n) is 13.8. The van der Waals surface area contributed by atoms with E-state index in [4.69, 9.17) is 4.74 Å². The van der Waals surface area contributed by atoms with Crippen LogP contribution in [0.5, 0.6) is 5.88 Å². The molecular weight excluding hydrogens is 294 g/mol. The first-order valence-electron chi connectivity index (χ1n) is 7.33. The molecular formula is C17H21N3O3. The molecule has 2 N–H and O–H groups in total. The molecule has 0 atom stereocenters. The maximum atomic E-state index is 12.2. The van der Waals surface area contributed by atoms with Crippen molar-refractivity contribution in [1.82, 2.24) is 15.6 Å². The highest BCUT2D eigenvalue weighted by Crippen LogP contribution is 2.23. The number of nitrogens with zero attached hydrogens (tertiary/aromatic N) is 1. The van der Waals surface area contributed by atoms with Crippen molar-refractivity contribution >= 4 is 22.6 Å². The van der Waals surface area contributed by atoms with Gasteiger partial charge in [0.15, 0.2) is 0 Å². The van der Waals surface area contributed by atoms with Crippen molar-refractivity contribution in [3.63, 3.8) is 0 Å². The normalized spacial score (nSPS) is 11.1. The highest BCUT2D eigenvalue weighted by Gasteiger charge is 2.16. The van der Waals surface area contributed by atoms with Crippen LogP contribution in [0.3, 0.4) is 0 Å². The Kier molecular flexibility index (Phi) is 4.83. The first-order valence-corrected chi connectivity index (χ1v) is 7.33. The number of methoxy groups -OCH3 is 1. The lowest BCUT2D eigenvalue weighted by molar-refractivity contribution is -0.121. The zero-order valence-corrected chi connectivity index (χ0v) is 13.8. The lowest BCUT2D eigenvalue weighted by Crippen LogP contribution is -2.45. The summed E-state index contributed by atoms with van der Waals surface area (Å²) in [5, 5.41) is 7.03. The molecule has 0 aliphatic carbocycles. The van der Waals surface area contributed by atoms with Gasteiger partial charge >= 0.3 is 0 Å². The first kappa shape index (κ1) is 16.7. The molecule has 1 aromatic heterocycles. The van der Waals surface area contributed by atoms with Gasteiger partial charge in [-0.3, -0.25) is 9.59 Å². The average Bonchev–Trinajstić information content (AvgIpc) is 2.49. The molecule has 2 aromatic rings. The summed E-state index contributed by atoms with van der Waals surface area (Å²) in [7, 11) is 1.51. The molecule has 2 amide bonds. The molecule has 0 bridgehead atoms. The third-order valence-electron chi connectivity index (χ3n) is 3.06. The van der Waals surface area contributed by atoms with E-state index in [1.54, 1.807) is 6.07 Å². The number of pyridine rings is 1. The van der Waals surface area contributed by atoms with Crippen LogP contribution in [0.4, 0.5) is 0 Å². The third kappa shape index (κ3) is 4.42. The first-order chi connectivity index (χ1) is 10.8. The number of ether oxygens (including phenoxy) is 1. The van der Waals surface area contributed by atoms with Crippen molar-refractivity contribution in [2.45, 2.75) is 26.3 Å². The van der Waals surface area contributed by atoms with Crippen molar-refractivity contribution in [2.24, 2.45) is 0 Å². The number of amides is 2. The molecule has 0 fully saturated rings. The standard InChI is InChI=1S/C17H21N3O3/c1-17(2,3)20-14(21)10-18-15(22)13-9-11-7-5-6-8-12(11)16(19-13)23-4/h5-9H,10H2,1-4H3,(H,18,22)(H,20,21). The average molecular weight is 315 g/mol. The molecule has 1 heterocycles. The fourth-order valence-corrected chi connectivity index (χ4v) is 2.15. The van der Waals surface area contributed by atoms with Crippen molar-refractivity contribution in [2.75, 3.05) is 13.7 Å². The van der Waals surface area contributed by atoms with Crippen LogP contribution in [0.2, 0.25) is 0 Å². The van der Waals surface area contributed by atoms with Gasteiger partial charge in [-0.15, -0.1) is 0 Å². The molecule has 0 radical (unpaired) electrons. The summed E-state index contributed by atoms with van der Waals surface area (Å²) in [5.41, 5.74) is -0.129. The largest absolute Gasteiger partial charge is 0.481 e. The summed E-state index contributed by atoms with van der Waals surface area (Å²) in [6.45, 7) is 5.53. The topological polar surface area (TPSA) is 80.3 Å². The van der Waals surface area contributed by atoms with E-state index in [9.17, 15) is 9.59 Å². The number of fused-ring (bicyclic) bond motifs is 1. The Morgan fingerprint density at radius 3 is 2.57 bits per heavy atom. The van der Waals surface area contributed by atoms with Gasteiger partial charge in [0.05, 0.1) is 13.7 Å². The molecule has 0 saturated heterocycles. The van der Waals surface area contributed by atoms with Gasteiger partial charge in [-0.05, 0) is 38.3 Å². The fourth-order valence-electron chi connectivity index (χ4n) is 2.15. The minimum atomic E-state index is -0.418. The zero-order chi connectivity index (χ0) is 17.0. The molecule has 0 aliphatic rings. The second kappa shape index (κ2) is 6.64. The Bertz CT molecular complexity index is 735. The predicted molar refractivity (Wildman–Crippen MR) is 88.5 cm³/mol. The molecule has 6 heteroatoms. The molecule has 23 heavy (non-hydrogen) atoms. The van der Waals surface area contributed by atoms with Crippen LogP contribution in [-0.4, -0.2) is 36.0 Å². The van der Waals surface area contributed by atoms with E-state index in [1.807, 2.05) is 45.0 Å². The van der Waals surface area contributed by atoms with Crippen LogP contribution in [-0.2, 0) is 4.79 Å². The molecule has 122 valence electrons. The van der Waals surface area contributed by atoms with E-state index in [0.29, 0.717) is 5.88 Å². The van der Waals surface area contributed by atoms with E-state index in [2.05, 4.69) is 15.6 Å². The number of rotatable bonds is 4. The van der Waals surface area contributed by atoms with Gasteiger partial charge in [0.2, 0.25) is 11.8 Å². The molecule has 2 rings (SSSR count). The second-order valence-electron chi connectivity index (χ2n) is 6.22. The van der Waals surface area contributed by atoms with Crippen LogP contribution in [0, 0.1) is 0 Å². The molecule has 0 unspecified atom stereocenters. The molecule has 0 spiro atoms. The van der Waals surface area contributed by atoms with Crippen LogP contribution in [0.1, 0.15) is 31.3 Å². The highest BCUT2D eigenvalue weighted by atomic mass is 16.5. The van der Waals surface area contributed by atoms with Gasteiger partial charge < -0.3 is 15.4 Å². The number of benzene rings is 1. The van der Waals surface area contributed by atoms with Gasteiger partial charge in [0, 0.05) is 10.9 Å².